The summed E-state index contributed by atoms with van der Waals surface area (Å²) in [6.07, 6.45) is 0.880. The van der Waals surface area contributed by atoms with Crippen LogP contribution in [0, 0.1) is 20.8 Å². The summed E-state index contributed by atoms with van der Waals surface area (Å²) >= 11 is 6.23. The average Bonchev–Trinajstić information content (AvgIpc) is 2.45. The van der Waals surface area contributed by atoms with Crippen molar-refractivity contribution in [2.45, 2.75) is 33.1 Å². The van der Waals surface area contributed by atoms with Crippen LogP contribution in [0.15, 0.2) is 30.3 Å². The van der Waals surface area contributed by atoms with E-state index in [2.05, 4.69) is 39.0 Å². The van der Waals surface area contributed by atoms with Gasteiger partial charge in [-0.1, -0.05) is 35.4 Å². The van der Waals surface area contributed by atoms with E-state index in [9.17, 15) is 0 Å². The zero-order chi connectivity index (χ0) is 16.3. The monoisotopic (exact) mass is 317 g/mol. The molecule has 0 radical (unpaired) electrons. The number of hydrogen-bond donors (Lipinski definition) is 1. The molecule has 2 rings (SSSR count). The Kier molecular flexibility index (Phi) is 5.49. The number of ether oxygens (including phenoxy) is 1. The van der Waals surface area contributed by atoms with Crippen LogP contribution in [0.25, 0.3) is 0 Å². The maximum Gasteiger partial charge on any atom is 0.137 e. The standard InChI is InChI=1S/C19H24ClNO/c1-12-7-13(2)19(14(3)8-12)16(11-21)9-15-5-6-18(22-4)17(20)10-15/h5-8,10,16H,9,11,21H2,1-4H3. The number of aryl methyl sites for hydroxylation is 3. The van der Waals surface area contributed by atoms with Gasteiger partial charge in [0.2, 0.25) is 0 Å². The molecule has 0 aliphatic carbocycles. The van der Waals surface area contributed by atoms with Gasteiger partial charge in [-0.05, 0) is 68.1 Å². The maximum atomic E-state index is 6.23. The first-order chi connectivity index (χ1) is 10.5. The summed E-state index contributed by atoms with van der Waals surface area (Å²) in [4.78, 5) is 0. The largest absolute Gasteiger partial charge is 0.495 e. The lowest BCUT2D eigenvalue weighted by Crippen LogP contribution is -2.17. The Bertz CT molecular complexity index is 643. The van der Waals surface area contributed by atoms with Crippen LogP contribution in [0.2, 0.25) is 5.02 Å². The van der Waals surface area contributed by atoms with Crippen molar-refractivity contribution in [3.8, 4) is 5.75 Å². The Morgan fingerprint density at radius 1 is 1.09 bits per heavy atom. The van der Waals surface area contributed by atoms with Crippen molar-refractivity contribution >= 4 is 11.6 Å². The van der Waals surface area contributed by atoms with Gasteiger partial charge in [-0.3, -0.25) is 0 Å². The first kappa shape index (κ1) is 16.9. The molecule has 0 fully saturated rings. The second-order valence-corrected chi connectivity index (χ2v) is 6.33. The van der Waals surface area contributed by atoms with Crippen LogP contribution in [-0.4, -0.2) is 13.7 Å². The molecule has 0 aliphatic rings. The highest BCUT2D eigenvalue weighted by atomic mass is 35.5. The lowest BCUT2D eigenvalue weighted by molar-refractivity contribution is 0.415. The van der Waals surface area contributed by atoms with E-state index in [1.807, 2.05) is 12.1 Å². The molecule has 2 nitrogen and oxygen atoms in total. The summed E-state index contributed by atoms with van der Waals surface area (Å²) in [5.41, 5.74) is 12.5. The summed E-state index contributed by atoms with van der Waals surface area (Å²) < 4.78 is 5.21. The van der Waals surface area contributed by atoms with E-state index in [0.717, 1.165) is 6.42 Å². The van der Waals surface area contributed by atoms with E-state index in [0.29, 0.717) is 23.2 Å². The molecule has 118 valence electrons. The van der Waals surface area contributed by atoms with Crippen LogP contribution in [0.4, 0.5) is 0 Å². The van der Waals surface area contributed by atoms with Crippen LogP contribution in [0.5, 0.6) is 5.75 Å². The van der Waals surface area contributed by atoms with Gasteiger partial charge in [0.15, 0.2) is 0 Å². The third-order valence-corrected chi connectivity index (χ3v) is 4.42. The third-order valence-electron chi connectivity index (χ3n) is 4.13. The van der Waals surface area contributed by atoms with Gasteiger partial charge in [-0.15, -0.1) is 0 Å². The fraction of sp³-hybridized carbons (Fsp3) is 0.368. The van der Waals surface area contributed by atoms with Crippen molar-refractivity contribution in [1.29, 1.82) is 0 Å². The van der Waals surface area contributed by atoms with Gasteiger partial charge in [-0.25, -0.2) is 0 Å². The normalized spacial score (nSPS) is 12.3. The van der Waals surface area contributed by atoms with Crippen molar-refractivity contribution in [2.24, 2.45) is 5.73 Å². The predicted octanol–water partition coefficient (Wildman–Crippen LogP) is 4.56. The molecule has 3 heteroatoms. The van der Waals surface area contributed by atoms with Gasteiger partial charge in [0.25, 0.3) is 0 Å². The van der Waals surface area contributed by atoms with Gasteiger partial charge in [0.05, 0.1) is 12.1 Å². The SMILES string of the molecule is COc1ccc(CC(CN)c2c(C)cc(C)cc2C)cc1Cl. The molecule has 22 heavy (non-hydrogen) atoms. The first-order valence-corrected chi connectivity index (χ1v) is 7.94. The lowest BCUT2D eigenvalue weighted by atomic mass is 9.85. The highest BCUT2D eigenvalue weighted by Crippen LogP contribution is 2.30. The van der Waals surface area contributed by atoms with Crippen LogP contribution < -0.4 is 10.5 Å². The lowest BCUT2D eigenvalue weighted by Gasteiger charge is -2.21. The molecule has 0 bridgehead atoms. The summed E-state index contributed by atoms with van der Waals surface area (Å²) in [5.74, 6) is 1.00. The maximum absolute atomic E-state index is 6.23. The van der Waals surface area contributed by atoms with Crippen LogP contribution >= 0.6 is 11.6 Å². The van der Waals surface area contributed by atoms with Crippen molar-refractivity contribution < 1.29 is 4.74 Å². The minimum Gasteiger partial charge on any atom is -0.495 e. The number of methoxy groups -OCH3 is 1. The van der Waals surface area contributed by atoms with Crippen LogP contribution in [0.3, 0.4) is 0 Å². The van der Waals surface area contributed by atoms with Crippen LogP contribution in [0.1, 0.15) is 33.7 Å². The van der Waals surface area contributed by atoms with Crippen LogP contribution in [-0.2, 0) is 6.42 Å². The summed E-state index contributed by atoms with van der Waals surface area (Å²) in [5, 5.41) is 0.646. The summed E-state index contributed by atoms with van der Waals surface area (Å²) in [7, 11) is 1.63. The molecule has 2 aromatic rings. The van der Waals surface area contributed by atoms with Crippen molar-refractivity contribution in [3.05, 3.63) is 63.2 Å². The molecule has 0 spiro atoms. The van der Waals surface area contributed by atoms with E-state index < -0.39 is 0 Å². The number of hydrogen-bond acceptors (Lipinski definition) is 2. The number of halogens is 1. The van der Waals surface area contributed by atoms with Gasteiger partial charge in [0, 0.05) is 5.92 Å². The molecule has 2 N–H and O–H groups in total. The van der Waals surface area contributed by atoms with Crippen molar-refractivity contribution in [3.63, 3.8) is 0 Å². The number of nitrogens with two attached hydrogens (primary N) is 1. The van der Waals surface area contributed by atoms with Crippen molar-refractivity contribution in [2.75, 3.05) is 13.7 Å². The quantitative estimate of drug-likeness (QED) is 0.877. The minimum absolute atomic E-state index is 0.296. The van der Waals surface area contributed by atoms with E-state index in [1.165, 1.54) is 27.8 Å². The molecule has 0 amide bonds. The summed E-state index contributed by atoms with van der Waals surface area (Å²) in [6, 6.07) is 10.4. The highest BCUT2D eigenvalue weighted by Gasteiger charge is 2.16. The Labute approximate surface area is 138 Å². The smallest absolute Gasteiger partial charge is 0.137 e. The van der Waals surface area contributed by atoms with E-state index in [1.54, 1.807) is 7.11 Å². The Morgan fingerprint density at radius 3 is 2.23 bits per heavy atom. The Balaban J connectivity index is 2.32. The van der Waals surface area contributed by atoms with Gasteiger partial charge in [0.1, 0.15) is 5.75 Å². The third kappa shape index (κ3) is 3.63. The summed E-state index contributed by atoms with van der Waals surface area (Å²) in [6.45, 7) is 7.08. The fourth-order valence-corrected chi connectivity index (χ4v) is 3.54. The molecule has 1 atom stereocenters. The van der Waals surface area contributed by atoms with Gasteiger partial charge < -0.3 is 10.5 Å². The van der Waals surface area contributed by atoms with E-state index in [-0.39, 0.29) is 0 Å². The molecule has 0 heterocycles. The molecule has 2 aromatic carbocycles. The molecular weight excluding hydrogens is 294 g/mol. The molecule has 1 unspecified atom stereocenters. The van der Waals surface area contributed by atoms with Crippen molar-refractivity contribution in [1.82, 2.24) is 0 Å². The molecule has 0 saturated heterocycles. The second-order valence-electron chi connectivity index (χ2n) is 5.92. The number of rotatable bonds is 5. The fourth-order valence-electron chi connectivity index (χ4n) is 3.26. The zero-order valence-electron chi connectivity index (χ0n) is 13.7. The molecular formula is C19H24ClNO. The number of benzene rings is 2. The van der Waals surface area contributed by atoms with Gasteiger partial charge >= 0.3 is 0 Å². The Morgan fingerprint density at radius 2 is 1.73 bits per heavy atom. The van der Waals surface area contributed by atoms with E-state index >= 15 is 0 Å². The first-order valence-electron chi connectivity index (χ1n) is 7.56. The minimum atomic E-state index is 0.296. The second kappa shape index (κ2) is 7.17. The zero-order valence-corrected chi connectivity index (χ0v) is 14.5. The Hall–Kier alpha value is -1.51. The van der Waals surface area contributed by atoms with Gasteiger partial charge in [-0.2, -0.15) is 0 Å². The predicted molar refractivity (Wildman–Crippen MR) is 94.2 cm³/mol. The average molecular weight is 318 g/mol. The molecule has 0 aliphatic heterocycles. The topological polar surface area (TPSA) is 35.2 Å². The van der Waals surface area contributed by atoms with E-state index in [4.69, 9.17) is 22.1 Å². The highest BCUT2D eigenvalue weighted by molar-refractivity contribution is 6.32. The molecule has 0 saturated carbocycles. The molecule has 0 aromatic heterocycles.